The molecular weight excluding hydrogens is 288 g/mol. The van der Waals surface area contributed by atoms with Crippen molar-refractivity contribution < 1.29 is 13.7 Å². The van der Waals surface area contributed by atoms with Gasteiger partial charge in [-0.3, -0.25) is 4.79 Å². The SMILES string of the molecule is O=C(NCCCc1cnoc1)c1ccc(Br)o1. The molecule has 1 amide bonds. The van der Waals surface area contributed by atoms with Crippen LogP contribution in [0.25, 0.3) is 0 Å². The van der Waals surface area contributed by atoms with Crippen LogP contribution in [0.4, 0.5) is 0 Å². The number of halogens is 1. The van der Waals surface area contributed by atoms with Crippen molar-refractivity contribution in [2.75, 3.05) is 6.54 Å². The van der Waals surface area contributed by atoms with Crippen molar-refractivity contribution in [3.8, 4) is 0 Å². The van der Waals surface area contributed by atoms with Crippen LogP contribution in [0.3, 0.4) is 0 Å². The Morgan fingerprint density at radius 3 is 3.00 bits per heavy atom. The first-order valence-electron chi connectivity index (χ1n) is 5.17. The molecular formula is C11H11BrN2O3. The molecule has 2 rings (SSSR count). The van der Waals surface area contributed by atoms with Gasteiger partial charge in [-0.05, 0) is 40.9 Å². The number of hydrogen-bond acceptors (Lipinski definition) is 4. The van der Waals surface area contributed by atoms with Crippen LogP contribution in [0.15, 0.2) is 38.2 Å². The molecule has 0 radical (unpaired) electrons. The fourth-order valence-corrected chi connectivity index (χ4v) is 1.67. The van der Waals surface area contributed by atoms with Gasteiger partial charge in [0, 0.05) is 12.1 Å². The summed E-state index contributed by atoms with van der Waals surface area (Å²) >= 11 is 3.14. The summed E-state index contributed by atoms with van der Waals surface area (Å²) in [6.07, 6.45) is 4.93. The van der Waals surface area contributed by atoms with E-state index in [1.807, 2.05) is 0 Å². The molecule has 2 aromatic rings. The number of carbonyl (C=O) groups is 1. The first-order chi connectivity index (χ1) is 8.25. The molecule has 0 aliphatic heterocycles. The molecule has 0 aliphatic carbocycles. The Kier molecular flexibility index (Phi) is 3.98. The van der Waals surface area contributed by atoms with E-state index in [9.17, 15) is 4.79 Å². The predicted octanol–water partition coefficient (Wildman–Crippen LogP) is 2.39. The number of nitrogens with one attached hydrogen (secondary N) is 1. The van der Waals surface area contributed by atoms with Crippen molar-refractivity contribution in [3.63, 3.8) is 0 Å². The van der Waals surface area contributed by atoms with Gasteiger partial charge >= 0.3 is 0 Å². The molecule has 90 valence electrons. The third kappa shape index (κ3) is 3.45. The van der Waals surface area contributed by atoms with Crippen LogP contribution in [0.2, 0.25) is 0 Å². The zero-order valence-corrected chi connectivity index (χ0v) is 10.6. The molecule has 0 saturated carbocycles. The summed E-state index contributed by atoms with van der Waals surface area (Å²) in [5, 5.41) is 6.37. The second-order valence-corrected chi connectivity index (χ2v) is 4.28. The maximum absolute atomic E-state index is 11.6. The molecule has 0 aromatic carbocycles. The van der Waals surface area contributed by atoms with Crippen molar-refractivity contribution in [2.24, 2.45) is 0 Å². The minimum Gasteiger partial charge on any atom is -0.444 e. The molecule has 5 nitrogen and oxygen atoms in total. The maximum Gasteiger partial charge on any atom is 0.287 e. The summed E-state index contributed by atoms with van der Waals surface area (Å²) in [6, 6.07) is 3.31. The lowest BCUT2D eigenvalue weighted by atomic mass is 10.2. The Morgan fingerprint density at radius 2 is 2.35 bits per heavy atom. The monoisotopic (exact) mass is 298 g/mol. The Labute approximate surface area is 106 Å². The second kappa shape index (κ2) is 5.67. The number of amides is 1. The summed E-state index contributed by atoms with van der Waals surface area (Å²) in [7, 11) is 0. The highest BCUT2D eigenvalue weighted by atomic mass is 79.9. The minimum atomic E-state index is -0.207. The van der Waals surface area contributed by atoms with E-state index < -0.39 is 0 Å². The molecule has 0 aliphatic rings. The highest BCUT2D eigenvalue weighted by Crippen LogP contribution is 2.13. The van der Waals surface area contributed by atoms with Crippen LogP contribution in [0.5, 0.6) is 0 Å². The van der Waals surface area contributed by atoms with E-state index in [1.54, 1.807) is 24.6 Å². The van der Waals surface area contributed by atoms with E-state index >= 15 is 0 Å². The van der Waals surface area contributed by atoms with Crippen LogP contribution >= 0.6 is 15.9 Å². The molecule has 0 spiro atoms. The van der Waals surface area contributed by atoms with Crippen molar-refractivity contribution in [1.29, 1.82) is 0 Å². The first-order valence-corrected chi connectivity index (χ1v) is 5.97. The molecule has 6 heteroatoms. The van der Waals surface area contributed by atoms with Crippen molar-refractivity contribution in [1.82, 2.24) is 10.5 Å². The standard InChI is InChI=1S/C11H11BrN2O3/c12-10-4-3-9(17-10)11(15)13-5-1-2-8-6-14-16-7-8/h3-4,6-7H,1-2,5H2,(H,13,15). The summed E-state index contributed by atoms with van der Waals surface area (Å²) in [4.78, 5) is 11.6. The van der Waals surface area contributed by atoms with Crippen molar-refractivity contribution in [2.45, 2.75) is 12.8 Å². The zero-order chi connectivity index (χ0) is 12.1. The van der Waals surface area contributed by atoms with Crippen LogP contribution in [0.1, 0.15) is 22.5 Å². The predicted molar refractivity (Wildman–Crippen MR) is 63.6 cm³/mol. The zero-order valence-electron chi connectivity index (χ0n) is 8.98. The van der Waals surface area contributed by atoms with Gasteiger partial charge in [0.1, 0.15) is 6.26 Å². The molecule has 0 saturated heterocycles. The largest absolute Gasteiger partial charge is 0.444 e. The molecule has 17 heavy (non-hydrogen) atoms. The maximum atomic E-state index is 11.6. The Bertz CT molecular complexity index is 479. The van der Waals surface area contributed by atoms with E-state index in [2.05, 4.69) is 26.4 Å². The van der Waals surface area contributed by atoms with E-state index in [-0.39, 0.29) is 5.91 Å². The van der Waals surface area contributed by atoms with Crippen molar-refractivity contribution in [3.05, 3.63) is 40.6 Å². The second-order valence-electron chi connectivity index (χ2n) is 3.50. The summed E-state index contributed by atoms with van der Waals surface area (Å²) in [5.41, 5.74) is 1.03. The Balaban J connectivity index is 1.70. The summed E-state index contributed by atoms with van der Waals surface area (Å²) < 4.78 is 10.4. The lowest BCUT2D eigenvalue weighted by Crippen LogP contribution is -2.24. The molecule has 1 N–H and O–H groups in total. The fourth-order valence-electron chi connectivity index (χ4n) is 1.37. The van der Waals surface area contributed by atoms with Gasteiger partial charge in [-0.1, -0.05) is 5.16 Å². The molecule has 0 fully saturated rings. The molecule has 0 unspecified atom stereocenters. The smallest absolute Gasteiger partial charge is 0.287 e. The highest BCUT2D eigenvalue weighted by molar-refractivity contribution is 9.10. The van der Waals surface area contributed by atoms with Crippen LogP contribution in [0, 0.1) is 0 Å². The van der Waals surface area contributed by atoms with Gasteiger partial charge < -0.3 is 14.3 Å². The Hall–Kier alpha value is -1.56. The first kappa shape index (κ1) is 11.9. The third-order valence-electron chi connectivity index (χ3n) is 2.21. The Morgan fingerprint density at radius 1 is 1.47 bits per heavy atom. The third-order valence-corrected chi connectivity index (χ3v) is 2.63. The van der Waals surface area contributed by atoms with Gasteiger partial charge in [0.15, 0.2) is 10.4 Å². The summed E-state index contributed by atoms with van der Waals surface area (Å²) in [6.45, 7) is 0.586. The van der Waals surface area contributed by atoms with E-state index in [1.165, 1.54) is 0 Å². The summed E-state index contributed by atoms with van der Waals surface area (Å²) in [5.74, 6) is 0.0999. The fraction of sp³-hybridized carbons (Fsp3) is 0.273. The van der Waals surface area contributed by atoms with Crippen molar-refractivity contribution >= 4 is 21.8 Å². The van der Waals surface area contributed by atoms with Gasteiger partial charge in [0.05, 0.1) is 6.20 Å². The number of carbonyl (C=O) groups excluding carboxylic acids is 1. The molecule has 0 atom stereocenters. The molecule has 2 aromatic heterocycles. The van der Waals surface area contributed by atoms with E-state index in [0.29, 0.717) is 17.0 Å². The topological polar surface area (TPSA) is 68.3 Å². The highest BCUT2D eigenvalue weighted by Gasteiger charge is 2.09. The minimum absolute atomic E-state index is 0.207. The quantitative estimate of drug-likeness (QED) is 0.861. The van der Waals surface area contributed by atoms with Crippen LogP contribution in [-0.4, -0.2) is 17.6 Å². The number of furan rings is 1. The van der Waals surface area contributed by atoms with E-state index in [4.69, 9.17) is 8.94 Å². The van der Waals surface area contributed by atoms with Gasteiger partial charge in [0.25, 0.3) is 5.91 Å². The average Bonchev–Trinajstić information content (AvgIpc) is 2.95. The van der Waals surface area contributed by atoms with E-state index in [0.717, 1.165) is 18.4 Å². The number of aryl methyl sites for hydroxylation is 1. The van der Waals surface area contributed by atoms with Gasteiger partial charge in [-0.2, -0.15) is 0 Å². The number of aromatic nitrogens is 1. The van der Waals surface area contributed by atoms with Crippen LogP contribution < -0.4 is 5.32 Å². The van der Waals surface area contributed by atoms with Gasteiger partial charge in [-0.15, -0.1) is 0 Å². The lowest BCUT2D eigenvalue weighted by Gasteiger charge is -2.01. The van der Waals surface area contributed by atoms with Gasteiger partial charge in [0.2, 0.25) is 0 Å². The number of nitrogens with zero attached hydrogens (tertiary/aromatic N) is 1. The average molecular weight is 299 g/mol. The van der Waals surface area contributed by atoms with Gasteiger partial charge in [-0.25, -0.2) is 0 Å². The molecule has 2 heterocycles. The number of hydrogen-bond donors (Lipinski definition) is 1. The van der Waals surface area contributed by atoms with Crippen LogP contribution in [-0.2, 0) is 6.42 Å². The lowest BCUT2D eigenvalue weighted by molar-refractivity contribution is 0.0924. The number of rotatable bonds is 5. The molecule has 0 bridgehead atoms. The normalized spacial score (nSPS) is 10.4.